The summed E-state index contributed by atoms with van der Waals surface area (Å²) < 4.78 is 27.1. The number of nitrogens with zero attached hydrogens (tertiary/aromatic N) is 1. The van der Waals surface area contributed by atoms with Gasteiger partial charge in [0.15, 0.2) is 11.6 Å². The Kier molecular flexibility index (Phi) is 3.88. The van der Waals surface area contributed by atoms with E-state index in [0.717, 1.165) is 31.1 Å². The monoisotopic (exact) mass is 288 g/mol. The molecule has 1 atom stereocenters. The summed E-state index contributed by atoms with van der Waals surface area (Å²) in [6, 6.07) is 11.8. The van der Waals surface area contributed by atoms with Gasteiger partial charge in [0.25, 0.3) is 0 Å². The van der Waals surface area contributed by atoms with Crippen molar-refractivity contribution in [1.82, 2.24) is 0 Å². The Morgan fingerprint density at radius 2 is 1.90 bits per heavy atom. The van der Waals surface area contributed by atoms with Crippen molar-refractivity contribution in [2.75, 3.05) is 18.0 Å². The van der Waals surface area contributed by atoms with Crippen molar-refractivity contribution in [1.29, 1.82) is 0 Å². The number of aryl methyl sites for hydroxylation is 1. The highest BCUT2D eigenvalue weighted by atomic mass is 19.2. The first-order valence-electron chi connectivity index (χ1n) is 7.19. The molecule has 0 spiro atoms. The molecule has 1 aliphatic rings. The SMILES string of the molecule is NC(CN1CCCc2ccccc21)c1cccc(F)c1F. The average Bonchev–Trinajstić information content (AvgIpc) is 2.50. The zero-order valence-corrected chi connectivity index (χ0v) is 11.7. The molecule has 2 nitrogen and oxygen atoms in total. The summed E-state index contributed by atoms with van der Waals surface area (Å²) in [6.45, 7) is 1.37. The zero-order valence-electron chi connectivity index (χ0n) is 11.7. The van der Waals surface area contributed by atoms with Crippen LogP contribution in [-0.2, 0) is 6.42 Å². The van der Waals surface area contributed by atoms with Crippen molar-refractivity contribution in [3.8, 4) is 0 Å². The minimum Gasteiger partial charge on any atom is -0.369 e. The highest BCUT2D eigenvalue weighted by Gasteiger charge is 2.21. The van der Waals surface area contributed by atoms with E-state index in [1.165, 1.54) is 11.6 Å². The predicted octanol–water partition coefficient (Wildman–Crippen LogP) is 3.42. The van der Waals surface area contributed by atoms with Crippen molar-refractivity contribution < 1.29 is 8.78 Å². The van der Waals surface area contributed by atoms with Crippen LogP contribution in [0.4, 0.5) is 14.5 Å². The number of anilines is 1. The highest BCUT2D eigenvalue weighted by molar-refractivity contribution is 5.55. The molecular formula is C17H18F2N2. The summed E-state index contributed by atoms with van der Waals surface area (Å²) in [5.74, 6) is -1.68. The lowest BCUT2D eigenvalue weighted by molar-refractivity contribution is 0.486. The van der Waals surface area contributed by atoms with E-state index in [1.807, 2.05) is 12.1 Å². The molecule has 0 aromatic heterocycles. The van der Waals surface area contributed by atoms with Crippen LogP contribution >= 0.6 is 0 Å². The van der Waals surface area contributed by atoms with Crippen LogP contribution in [0.2, 0.25) is 0 Å². The number of nitrogens with two attached hydrogens (primary N) is 1. The van der Waals surface area contributed by atoms with E-state index in [9.17, 15) is 8.78 Å². The molecule has 4 heteroatoms. The van der Waals surface area contributed by atoms with E-state index < -0.39 is 17.7 Å². The molecule has 2 N–H and O–H groups in total. The van der Waals surface area contributed by atoms with Crippen LogP contribution in [0.3, 0.4) is 0 Å². The molecule has 0 saturated carbocycles. The molecule has 0 bridgehead atoms. The second kappa shape index (κ2) is 5.82. The quantitative estimate of drug-likeness (QED) is 0.937. The Morgan fingerprint density at radius 1 is 1.10 bits per heavy atom. The van der Waals surface area contributed by atoms with Crippen LogP contribution in [-0.4, -0.2) is 13.1 Å². The molecule has 1 heterocycles. The first-order valence-corrected chi connectivity index (χ1v) is 7.19. The van der Waals surface area contributed by atoms with Crippen LogP contribution in [0.1, 0.15) is 23.6 Å². The van der Waals surface area contributed by atoms with Gasteiger partial charge in [0.05, 0.1) is 6.04 Å². The summed E-state index contributed by atoms with van der Waals surface area (Å²) in [5.41, 5.74) is 8.78. The number of fused-ring (bicyclic) bond motifs is 1. The second-order valence-corrected chi connectivity index (χ2v) is 5.43. The first-order chi connectivity index (χ1) is 10.2. The summed E-state index contributed by atoms with van der Waals surface area (Å²) in [7, 11) is 0. The van der Waals surface area contributed by atoms with Gasteiger partial charge < -0.3 is 10.6 Å². The maximum atomic E-state index is 13.8. The van der Waals surface area contributed by atoms with Gasteiger partial charge in [-0.25, -0.2) is 8.78 Å². The molecule has 21 heavy (non-hydrogen) atoms. The van der Waals surface area contributed by atoms with E-state index in [4.69, 9.17) is 5.73 Å². The van der Waals surface area contributed by atoms with Crippen molar-refractivity contribution >= 4 is 5.69 Å². The fourth-order valence-electron chi connectivity index (χ4n) is 2.94. The van der Waals surface area contributed by atoms with Crippen molar-refractivity contribution in [2.45, 2.75) is 18.9 Å². The van der Waals surface area contributed by atoms with Gasteiger partial charge >= 0.3 is 0 Å². The minimum atomic E-state index is -0.845. The molecule has 0 fully saturated rings. The summed E-state index contributed by atoms with van der Waals surface area (Å²) in [5, 5.41) is 0. The van der Waals surface area contributed by atoms with Gasteiger partial charge in [-0.3, -0.25) is 0 Å². The Balaban J connectivity index is 1.83. The maximum Gasteiger partial charge on any atom is 0.163 e. The minimum absolute atomic E-state index is 0.234. The molecule has 1 unspecified atom stereocenters. The van der Waals surface area contributed by atoms with E-state index >= 15 is 0 Å². The van der Waals surface area contributed by atoms with Crippen LogP contribution < -0.4 is 10.6 Å². The Labute approximate surface area is 123 Å². The number of para-hydroxylation sites is 1. The van der Waals surface area contributed by atoms with Gasteiger partial charge in [-0.05, 0) is 30.5 Å². The van der Waals surface area contributed by atoms with Crippen molar-refractivity contribution in [3.63, 3.8) is 0 Å². The number of rotatable bonds is 3. The van der Waals surface area contributed by atoms with Gasteiger partial charge in [0.2, 0.25) is 0 Å². The lowest BCUT2D eigenvalue weighted by atomic mass is 10.00. The molecule has 0 aliphatic carbocycles. The zero-order chi connectivity index (χ0) is 14.8. The number of hydrogen-bond acceptors (Lipinski definition) is 2. The van der Waals surface area contributed by atoms with Crippen molar-refractivity contribution in [2.24, 2.45) is 5.73 Å². The molecule has 110 valence electrons. The van der Waals surface area contributed by atoms with Gasteiger partial charge in [-0.1, -0.05) is 30.3 Å². The van der Waals surface area contributed by atoms with Crippen molar-refractivity contribution in [3.05, 3.63) is 65.2 Å². The topological polar surface area (TPSA) is 29.3 Å². The molecule has 2 aromatic carbocycles. The Morgan fingerprint density at radius 3 is 2.76 bits per heavy atom. The van der Waals surface area contributed by atoms with E-state index in [1.54, 1.807) is 6.07 Å². The third-order valence-corrected chi connectivity index (χ3v) is 4.00. The predicted molar refractivity (Wildman–Crippen MR) is 80.3 cm³/mol. The van der Waals surface area contributed by atoms with Crippen LogP contribution in [0.25, 0.3) is 0 Å². The molecule has 2 aromatic rings. The fourth-order valence-corrected chi connectivity index (χ4v) is 2.94. The lowest BCUT2D eigenvalue weighted by Gasteiger charge is -2.33. The second-order valence-electron chi connectivity index (χ2n) is 5.43. The van der Waals surface area contributed by atoms with Crippen LogP contribution in [0.5, 0.6) is 0 Å². The molecular weight excluding hydrogens is 270 g/mol. The van der Waals surface area contributed by atoms with E-state index in [0.29, 0.717) is 6.54 Å². The third-order valence-electron chi connectivity index (χ3n) is 4.00. The Hall–Kier alpha value is -1.94. The normalized spacial score (nSPS) is 15.7. The van der Waals surface area contributed by atoms with Gasteiger partial charge in [0, 0.05) is 24.3 Å². The molecule has 0 saturated heterocycles. The van der Waals surface area contributed by atoms with E-state index in [2.05, 4.69) is 17.0 Å². The van der Waals surface area contributed by atoms with Gasteiger partial charge in [-0.2, -0.15) is 0 Å². The highest BCUT2D eigenvalue weighted by Crippen LogP contribution is 2.28. The number of halogens is 2. The summed E-state index contributed by atoms with van der Waals surface area (Å²) >= 11 is 0. The molecule has 0 amide bonds. The standard InChI is InChI=1S/C17H18F2N2/c18-14-8-3-7-13(17(14)19)15(20)11-21-10-4-6-12-5-1-2-9-16(12)21/h1-3,5,7-9,15H,4,6,10-11,20H2. The molecule has 0 radical (unpaired) electrons. The largest absolute Gasteiger partial charge is 0.369 e. The summed E-state index contributed by atoms with van der Waals surface area (Å²) in [6.07, 6.45) is 2.10. The summed E-state index contributed by atoms with van der Waals surface area (Å²) in [4.78, 5) is 2.16. The van der Waals surface area contributed by atoms with Crippen LogP contribution in [0, 0.1) is 11.6 Å². The van der Waals surface area contributed by atoms with Gasteiger partial charge in [0.1, 0.15) is 0 Å². The number of hydrogen-bond donors (Lipinski definition) is 1. The smallest absolute Gasteiger partial charge is 0.163 e. The molecule has 3 rings (SSSR count). The Bertz CT molecular complexity index is 642. The molecule has 1 aliphatic heterocycles. The van der Waals surface area contributed by atoms with Crippen LogP contribution in [0.15, 0.2) is 42.5 Å². The lowest BCUT2D eigenvalue weighted by Crippen LogP contribution is -2.36. The first kappa shape index (κ1) is 14.0. The van der Waals surface area contributed by atoms with E-state index in [-0.39, 0.29) is 5.56 Å². The number of benzene rings is 2. The fraction of sp³-hybridized carbons (Fsp3) is 0.294. The maximum absolute atomic E-state index is 13.8. The van der Waals surface area contributed by atoms with Gasteiger partial charge in [-0.15, -0.1) is 0 Å². The third kappa shape index (κ3) is 2.76. The average molecular weight is 288 g/mol.